The molecule has 194 valence electrons. The van der Waals surface area contributed by atoms with Crippen LogP contribution in [0, 0.1) is 9.49 Å². The van der Waals surface area contributed by atoms with Crippen molar-refractivity contribution in [3.8, 4) is 22.6 Å². The molecule has 4 aromatic carbocycles. The molecule has 3 atom stereocenters. The third-order valence-corrected chi connectivity index (χ3v) is 8.38. The van der Waals surface area contributed by atoms with Gasteiger partial charge in [0.05, 0.1) is 17.1 Å². The summed E-state index contributed by atoms with van der Waals surface area (Å²) in [5.41, 5.74) is 4.47. The average molecular weight is 636 g/mol. The maximum absolute atomic E-state index is 11.3. The Hall–Kier alpha value is -2.94. The molecule has 1 aliphatic rings. The van der Waals surface area contributed by atoms with Crippen LogP contribution < -0.4 is 4.90 Å². The lowest BCUT2D eigenvalue weighted by atomic mass is 9.87. The van der Waals surface area contributed by atoms with E-state index < -0.39 is 6.10 Å². The lowest BCUT2D eigenvalue weighted by Gasteiger charge is -2.31. The minimum Gasteiger partial charge on any atom is -0.508 e. The van der Waals surface area contributed by atoms with E-state index in [2.05, 4.69) is 39.6 Å². The van der Waals surface area contributed by atoms with Crippen LogP contribution in [0.15, 0.2) is 97.1 Å². The zero-order valence-electron chi connectivity index (χ0n) is 20.9. The molecule has 0 saturated carbocycles. The molecule has 0 radical (unpaired) electrons. The number of halogens is 1. The van der Waals surface area contributed by atoms with Gasteiger partial charge in [-0.2, -0.15) is 0 Å². The first kappa shape index (κ1) is 26.7. The monoisotopic (exact) mass is 635 g/mol. The molecule has 1 aliphatic heterocycles. The predicted octanol–water partition coefficient (Wildman–Crippen LogP) is 8.17. The van der Waals surface area contributed by atoms with E-state index >= 15 is 0 Å². The molecule has 3 N–H and O–H groups in total. The highest BCUT2D eigenvalue weighted by Crippen LogP contribution is 2.47. The number of phenols is 2. The Morgan fingerprint density at radius 3 is 2.32 bits per heavy atom. The van der Waals surface area contributed by atoms with Crippen LogP contribution in [0.4, 0.5) is 5.69 Å². The van der Waals surface area contributed by atoms with Crippen LogP contribution in [0.2, 0.25) is 0 Å². The molecule has 0 aliphatic carbocycles. The van der Waals surface area contributed by atoms with E-state index in [1.807, 2.05) is 60.7 Å². The summed E-state index contributed by atoms with van der Waals surface area (Å²) in [5.74, 6) is 0.601. The van der Waals surface area contributed by atoms with E-state index in [0.29, 0.717) is 6.42 Å². The van der Waals surface area contributed by atoms with Crippen LogP contribution in [0.5, 0.6) is 11.5 Å². The topological polar surface area (TPSA) is 63.9 Å². The van der Waals surface area contributed by atoms with Gasteiger partial charge in [-0.3, -0.25) is 0 Å². The standard InChI is InChI=1S/C32H30INO3S/c33-25-15-12-21(13-16-25)29(36)11-5-7-24-20-31(38)34(26-8-2-1-3-9-26)32(24)28-17-14-23(19-30(28)37)22-6-4-10-27(35)18-22/h1-4,6,8-10,12-19,24,29,32,35-37H,5,7,11,20H2. The molecule has 4 aromatic rings. The molecular formula is C32H30INO3S. The summed E-state index contributed by atoms with van der Waals surface area (Å²) < 4.78 is 1.15. The number of aliphatic hydroxyl groups is 1. The summed E-state index contributed by atoms with van der Waals surface area (Å²) >= 11 is 8.16. The third kappa shape index (κ3) is 5.87. The molecular weight excluding hydrogens is 605 g/mol. The minimum atomic E-state index is -0.501. The second-order valence-electron chi connectivity index (χ2n) is 9.83. The Kier molecular flexibility index (Phi) is 8.31. The first-order valence-electron chi connectivity index (χ1n) is 12.8. The van der Waals surface area contributed by atoms with Crippen LogP contribution in [-0.4, -0.2) is 20.3 Å². The molecule has 1 fully saturated rings. The molecule has 3 unspecified atom stereocenters. The first-order valence-corrected chi connectivity index (χ1v) is 14.3. The van der Waals surface area contributed by atoms with Crippen molar-refractivity contribution >= 4 is 45.5 Å². The van der Waals surface area contributed by atoms with E-state index in [9.17, 15) is 15.3 Å². The summed E-state index contributed by atoms with van der Waals surface area (Å²) in [6.45, 7) is 0. The highest BCUT2D eigenvalue weighted by molar-refractivity contribution is 14.1. The summed E-state index contributed by atoms with van der Waals surface area (Å²) in [5, 5.41) is 31.9. The van der Waals surface area contributed by atoms with E-state index in [4.69, 9.17) is 12.2 Å². The van der Waals surface area contributed by atoms with Gasteiger partial charge in [0.15, 0.2) is 0 Å². The molecule has 1 saturated heterocycles. The van der Waals surface area contributed by atoms with Gasteiger partial charge >= 0.3 is 0 Å². The number of hydrogen-bond acceptors (Lipinski definition) is 4. The van der Waals surface area contributed by atoms with Gasteiger partial charge in [-0.15, -0.1) is 0 Å². The molecule has 0 amide bonds. The number of hydrogen-bond donors (Lipinski definition) is 3. The highest BCUT2D eigenvalue weighted by atomic mass is 127. The average Bonchev–Trinajstić information content (AvgIpc) is 3.24. The second kappa shape index (κ2) is 11.8. The van der Waals surface area contributed by atoms with Crippen molar-refractivity contribution in [1.82, 2.24) is 0 Å². The van der Waals surface area contributed by atoms with E-state index in [-0.39, 0.29) is 23.5 Å². The van der Waals surface area contributed by atoms with Crippen LogP contribution in [0.1, 0.15) is 49.0 Å². The highest BCUT2D eigenvalue weighted by Gasteiger charge is 2.40. The SMILES string of the molecule is Oc1cccc(-c2ccc(C3C(CCCC(O)c4ccc(I)cc4)CC(=S)N3c3ccccc3)c(O)c2)c1. The van der Waals surface area contributed by atoms with E-state index in [1.54, 1.807) is 24.3 Å². The van der Waals surface area contributed by atoms with Gasteiger partial charge in [0.25, 0.3) is 0 Å². The van der Waals surface area contributed by atoms with Gasteiger partial charge in [-0.25, -0.2) is 0 Å². The molecule has 38 heavy (non-hydrogen) atoms. The van der Waals surface area contributed by atoms with Crippen LogP contribution >= 0.6 is 34.8 Å². The Morgan fingerprint density at radius 1 is 0.868 bits per heavy atom. The van der Waals surface area contributed by atoms with Gasteiger partial charge in [0.2, 0.25) is 0 Å². The molecule has 6 heteroatoms. The Morgan fingerprint density at radius 2 is 1.61 bits per heavy atom. The number of para-hydroxylation sites is 1. The number of phenolic OH excluding ortho intramolecular Hbond substituents is 2. The van der Waals surface area contributed by atoms with Gasteiger partial charge in [-0.05, 0) is 101 Å². The van der Waals surface area contributed by atoms with E-state index in [1.165, 1.54) is 0 Å². The minimum absolute atomic E-state index is 0.112. The molecule has 1 heterocycles. The van der Waals surface area contributed by atoms with Gasteiger partial charge in [0.1, 0.15) is 11.5 Å². The number of rotatable bonds is 8. The first-order chi connectivity index (χ1) is 18.4. The maximum Gasteiger partial charge on any atom is 0.121 e. The van der Waals surface area contributed by atoms with E-state index in [0.717, 1.165) is 55.8 Å². The number of aromatic hydroxyl groups is 2. The fraction of sp³-hybridized carbons (Fsp3) is 0.219. The van der Waals surface area contributed by atoms with Crippen molar-refractivity contribution in [2.75, 3.05) is 4.90 Å². The van der Waals surface area contributed by atoms with Crippen LogP contribution in [0.25, 0.3) is 11.1 Å². The normalized spacial score (nSPS) is 18.1. The number of nitrogens with zero attached hydrogens (tertiary/aromatic N) is 1. The molecule has 0 aromatic heterocycles. The number of anilines is 1. The lowest BCUT2D eigenvalue weighted by Crippen LogP contribution is -2.28. The molecule has 0 bridgehead atoms. The number of aliphatic hydroxyl groups excluding tert-OH is 1. The predicted molar refractivity (Wildman–Crippen MR) is 166 cm³/mol. The quantitative estimate of drug-likeness (QED) is 0.135. The summed E-state index contributed by atoms with van der Waals surface area (Å²) in [6.07, 6.45) is 2.65. The fourth-order valence-corrected chi connectivity index (χ4v) is 6.22. The summed E-state index contributed by atoms with van der Waals surface area (Å²) in [6, 6.07) is 30.8. The van der Waals surface area contributed by atoms with Crippen molar-refractivity contribution in [3.63, 3.8) is 0 Å². The Bertz CT molecular complexity index is 1410. The van der Waals surface area contributed by atoms with Crippen molar-refractivity contribution in [1.29, 1.82) is 0 Å². The molecule has 5 rings (SSSR count). The van der Waals surface area contributed by atoms with Gasteiger partial charge in [-0.1, -0.05) is 73.2 Å². The van der Waals surface area contributed by atoms with Gasteiger partial charge in [0, 0.05) is 21.2 Å². The van der Waals surface area contributed by atoms with Crippen molar-refractivity contribution < 1.29 is 15.3 Å². The summed E-state index contributed by atoms with van der Waals surface area (Å²) in [4.78, 5) is 3.04. The van der Waals surface area contributed by atoms with Crippen LogP contribution in [0.3, 0.4) is 0 Å². The lowest BCUT2D eigenvalue weighted by molar-refractivity contribution is 0.161. The number of benzene rings is 4. The van der Waals surface area contributed by atoms with Crippen molar-refractivity contribution in [2.24, 2.45) is 5.92 Å². The van der Waals surface area contributed by atoms with Gasteiger partial charge < -0.3 is 20.2 Å². The smallest absolute Gasteiger partial charge is 0.121 e. The Balaban J connectivity index is 1.41. The van der Waals surface area contributed by atoms with Crippen LogP contribution in [-0.2, 0) is 0 Å². The molecule has 0 spiro atoms. The zero-order valence-corrected chi connectivity index (χ0v) is 23.8. The number of thiocarbonyl (C=S) groups is 1. The van der Waals surface area contributed by atoms with Crippen molar-refractivity contribution in [3.05, 3.63) is 112 Å². The third-order valence-electron chi connectivity index (χ3n) is 7.30. The Labute approximate surface area is 242 Å². The second-order valence-corrected chi connectivity index (χ2v) is 11.5. The zero-order chi connectivity index (χ0) is 26.6. The van der Waals surface area contributed by atoms with Crippen molar-refractivity contribution in [2.45, 2.75) is 37.8 Å². The largest absolute Gasteiger partial charge is 0.508 e. The maximum atomic E-state index is 11.3. The summed E-state index contributed by atoms with van der Waals surface area (Å²) in [7, 11) is 0. The molecule has 4 nitrogen and oxygen atoms in total. The fourth-order valence-electron chi connectivity index (χ4n) is 5.43.